The van der Waals surface area contributed by atoms with E-state index in [1.165, 1.54) is 12.7 Å². The highest BCUT2D eigenvalue weighted by molar-refractivity contribution is 7.52. The van der Waals surface area contributed by atoms with E-state index >= 15 is 0 Å². The second kappa shape index (κ2) is 24.3. The molecule has 3 aliphatic heterocycles. The summed E-state index contributed by atoms with van der Waals surface area (Å²) in [6.45, 7) is 3.93. The van der Waals surface area contributed by atoms with Crippen LogP contribution in [0.3, 0.4) is 0 Å². The van der Waals surface area contributed by atoms with Crippen LogP contribution in [0.4, 0.5) is 0 Å². The molecule has 4 rings (SSSR count). The van der Waals surface area contributed by atoms with E-state index in [1.54, 1.807) is 42.2 Å². The minimum absolute atomic E-state index is 0.0656. The first kappa shape index (κ1) is 44.3. The van der Waals surface area contributed by atoms with Gasteiger partial charge in [0.05, 0.1) is 12.4 Å². The molecule has 0 bridgehead atoms. The van der Waals surface area contributed by atoms with Crippen LogP contribution >= 0.6 is 7.75 Å². The minimum Gasteiger partial charge on any atom is -0.413 e. The van der Waals surface area contributed by atoms with Crippen molar-refractivity contribution in [1.29, 1.82) is 0 Å². The summed E-state index contributed by atoms with van der Waals surface area (Å²) in [5.41, 5.74) is 5.96. The van der Waals surface area contributed by atoms with Crippen LogP contribution < -0.4 is 20.7 Å². The summed E-state index contributed by atoms with van der Waals surface area (Å²) in [6, 6.07) is 7.95. The van der Waals surface area contributed by atoms with E-state index in [0.717, 1.165) is 38.5 Å². The number of fused-ring (bicyclic) bond motifs is 1. The van der Waals surface area contributed by atoms with Crippen LogP contribution in [0.15, 0.2) is 118 Å². The summed E-state index contributed by atoms with van der Waals surface area (Å²) in [5, 5.41) is 27.5. The molecular formula is C41H58N7O7P. The largest absolute Gasteiger partial charge is 0.459 e. The molecule has 1 aromatic rings. The van der Waals surface area contributed by atoms with Crippen LogP contribution in [0.5, 0.6) is 5.75 Å². The van der Waals surface area contributed by atoms with Gasteiger partial charge in [0.1, 0.15) is 42.3 Å². The third-order valence-electron chi connectivity index (χ3n) is 8.87. The number of benzene rings is 1. The molecular weight excluding hydrogens is 733 g/mol. The number of para-hydroxylation sites is 1. The van der Waals surface area contributed by atoms with Gasteiger partial charge in [0.25, 0.3) is 0 Å². The number of aliphatic hydroxyl groups is 2. The quantitative estimate of drug-likeness (QED) is 0.0497. The Kier molecular flexibility index (Phi) is 19.2. The number of amides is 1. The van der Waals surface area contributed by atoms with Crippen molar-refractivity contribution in [3.8, 4) is 5.75 Å². The molecule has 0 aromatic heterocycles. The van der Waals surface area contributed by atoms with E-state index in [-0.39, 0.29) is 30.6 Å². The number of carbonyl (C=O) groups is 1. The number of carbonyl (C=O) groups excluding carboxylic acids is 1. The molecule has 6 N–H and O–H groups in total. The van der Waals surface area contributed by atoms with Gasteiger partial charge in [0.15, 0.2) is 12.4 Å². The van der Waals surface area contributed by atoms with Crippen molar-refractivity contribution in [2.24, 2.45) is 20.7 Å². The predicted molar refractivity (Wildman–Crippen MR) is 222 cm³/mol. The van der Waals surface area contributed by atoms with Gasteiger partial charge in [-0.1, -0.05) is 98.0 Å². The molecule has 3 aliphatic rings. The van der Waals surface area contributed by atoms with Crippen LogP contribution in [-0.4, -0.2) is 95.5 Å². The molecule has 1 saturated heterocycles. The number of hydrogen-bond donors (Lipinski definition) is 5. The third kappa shape index (κ3) is 14.6. The number of amidine groups is 1. The zero-order valence-electron chi connectivity index (χ0n) is 32.3. The lowest BCUT2D eigenvalue weighted by Crippen LogP contribution is -2.51. The molecule has 15 heteroatoms. The van der Waals surface area contributed by atoms with Crippen LogP contribution in [0.25, 0.3) is 0 Å². The highest BCUT2D eigenvalue weighted by Gasteiger charge is 2.52. The fraction of sp³-hybridized carbons (Fsp3) is 0.463. The highest BCUT2D eigenvalue weighted by Crippen LogP contribution is 2.47. The fourth-order valence-corrected chi connectivity index (χ4v) is 7.48. The van der Waals surface area contributed by atoms with Crippen molar-refractivity contribution in [2.45, 2.75) is 108 Å². The Balaban J connectivity index is 1.14. The number of ether oxygens (including phenoxy) is 1. The normalized spacial score (nSPS) is 25.4. The molecule has 8 atom stereocenters. The standard InChI is InChI=1S/C41H58N7O7P/c1-3-4-5-6-7-8-9-10-11-12-13-14-15-16-17-18-19-20-24-27-34(49)43-28-29-47-56(52,55-33-25-22-21-23-26-33)54-32(2)38-36(50)37(51)41(53-38)48-31-46-35-39(42)44-30-45-40(35)48/h4-5,7-8,10-11,13-14,16-17,19-23,25-26,30-32,35-38,40-41,50-51H,3,6,9,12,15,18,24,27-29H2,1-2H3,(H,43,49)(H,47,52)(H2,42,44,45)/b5-4-,8-7-,11-10-,14-13-,17-16-,20-19-/t32-,35?,36+,37-,38-,40?,41-,56?/m1/s1. The molecule has 0 spiro atoms. The van der Waals surface area contributed by atoms with E-state index in [2.05, 4.69) is 93.1 Å². The average molecular weight is 792 g/mol. The second-order valence-corrected chi connectivity index (χ2v) is 15.0. The molecule has 1 fully saturated rings. The van der Waals surface area contributed by atoms with Crippen LogP contribution in [0.1, 0.15) is 65.2 Å². The summed E-state index contributed by atoms with van der Waals surface area (Å²) in [6.07, 6.45) is 28.5. The van der Waals surface area contributed by atoms with Crippen molar-refractivity contribution < 1.29 is 33.4 Å². The maximum absolute atomic E-state index is 14.0. The Morgan fingerprint density at radius 2 is 1.52 bits per heavy atom. The van der Waals surface area contributed by atoms with Gasteiger partial charge in [-0.2, -0.15) is 0 Å². The summed E-state index contributed by atoms with van der Waals surface area (Å²) < 4.78 is 31.8. The van der Waals surface area contributed by atoms with Gasteiger partial charge in [-0.05, 0) is 64.0 Å². The number of nitrogens with one attached hydrogen (secondary N) is 2. The second-order valence-electron chi connectivity index (χ2n) is 13.3. The molecule has 3 unspecified atom stereocenters. The number of aliphatic hydroxyl groups excluding tert-OH is 2. The van der Waals surface area contributed by atoms with Gasteiger partial charge in [0, 0.05) is 19.5 Å². The van der Waals surface area contributed by atoms with Crippen molar-refractivity contribution in [3.05, 3.63) is 103 Å². The van der Waals surface area contributed by atoms with Crippen LogP contribution in [0.2, 0.25) is 0 Å². The maximum Gasteiger partial charge on any atom is 0.459 e. The van der Waals surface area contributed by atoms with Gasteiger partial charge >= 0.3 is 7.75 Å². The molecule has 14 nitrogen and oxygen atoms in total. The van der Waals surface area contributed by atoms with E-state index in [4.69, 9.17) is 19.5 Å². The Hall–Kier alpha value is -4.43. The lowest BCUT2D eigenvalue weighted by molar-refractivity contribution is -0.120. The van der Waals surface area contributed by atoms with E-state index in [1.807, 2.05) is 12.2 Å². The Morgan fingerprint density at radius 1 is 0.911 bits per heavy atom. The molecule has 56 heavy (non-hydrogen) atoms. The Morgan fingerprint density at radius 3 is 2.14 bits per heavy atom. The summed E-state index contributed by atoms with van der Waals surface area (Å²) >= 11 is 0. The van der Waals surface area contributed by atoms with Crippen molar-refractivity contribution >= 4 is 32.2 Å². The zero-order valence-corrected chi connectivity index (χ0v) is 33.2. The summed E-state index contributed by atoms with van der Waals surface area (Å²) in [5.74, 6) is 0.414. The van der Waals surface area contributed by atoms with E-state index in [9.17, 15) is 19.6 Å². The van der Waals surface area contributed by atoms with Gasteiger partial charge in [-0.3, -0.25) is 14.3 Å². The van der Waals surface area contributed by atoms with Crippen molar-refractivity contribution in [3.63, 3.8) is 0 Å². The topological polar surface area (TPSA) is 193 Å². The van der Waals surface area contributed by atoms with Crippen LogP contribution in [0, 0.1) is 0 Å². The third-order valence-corrected chi connectivity index (χ3v) is 10.5. The lowest BCUT2D eigenvalue weighted by atomic mass is 10.1. The molecule has 1 aromatic carbocycles. The van der Waals surface area contributed by atoms with Crippen molar-refractivity contribution in [2.75, 3.05) is 13.1 Å². The molecule has 304 valence electrons. The van der Waals surface area contributed by atoms with Gasteiger partial charge in [0.2, 0.25) is 5.91 Å². The minimum atomic E-state index is -4.09. The predicted octanol–water partition coefficient (Wildman–Crippen LogP) is 5.65. The summed E-state index contributed by atoms with van der Waals surface area (Å²) in [7, 11) is -4.09. The number of aliphatic imine (C=N–C) groups is 3. The molecule has 3 heterocycles. The lowest BCUT2D eigenvalue weighted by Gasteiger charge is -2.32. The monoisotopic (exact) mass is 791 g/mol. The number of nitrogens with two attached hydrogens (primary N) is 1. The molecule has 0 saturated carbocycles. The number of nitrogens with zero attached hydrogens (tertiary/aromatic N) is 4. The molecule has 1 amide bonds. The smallest absolute Gasteiger partial charge is 0.413 e. The van der Waals surface area contributed by atoms with Gasteiger partial charge in [-0.25, -0.2) is 19.6 Å². The SMILES string of the molecule is CC/C=C\C/C=C\C/C=C\C/C=C\C/C=C\C/C=C\CCC(=O)NCCNP(=O)(Oc1ccccc1)O[C@H](C)[C@H]1O[C@@H](N2C=NC3C(N)=NC=NC32)[C@H](O)[C@@H]1O. The maximum atomic E-state index is 14.0. The number of rotatable bonds is 24. The van der Waals surface area contributed by atoms with E-state index in [0.29, 0.717) is 12.8 Å². The Labute approximate surface area is 331 Å². The van der Waals surface area contributed by atoms with Gasteiger partial charge in [-0.15, -0.1) is 0 Å². The zero-order chi connectivity index (χ0) is 40.0. The summed E-state index contributed by atoms with van der Waals surface area (Å²) in [4.78, 5) is 26.6. The van der Waals surface area contributed by atoms with Crippen molar-refractivity contribution in [1.82, 2.24) is 15.3 Å². The van der Waals surface area contributed by atoms with E-state index < -0.39 is 50.6 Å². The first-order valence-corrected chi connectivity index (χ1v) is 20.9. The first-order valence-electron chi connectivity index (χ1n) is 19.3. The molecule has 0 aliphatic carbocycles. The first-order chi connectivity index (χ1) is 27.2. The fourth-order valence-electron chi connectivity index (χ4n) is 5.95. The Bertz CT molecular complexity index is 1680. The number of allylic oxidation sites excluding steroid dienone is 12. The highest BCUT2D eigenvalue weighted by atomic mass is 31.2. The van der Waals surface area contributed by atoms with Gasteiger partial charge < -0.3 is 35.4 Å². The molecule has 0 radical (unpaired) electrons. The van der Waals surface area contributed by atoms with Crippen LogP contribution in [-0.2, 0) is 18.6 Å². The average Bonchev–Trinajstić information content (AvgIpc) is 3.75. The number of hydrogen-bond acceptors (Lipinski definition) is 12.